The van der Waals surface area contributed by atoms with Crippen LogP contribution in [0.2, 0.25) is 0 Å². The van der Waals surface area contributed by atoms with Gasteiger partial charge in [0.05, 0.1) is 11.3 Å². The molecule has 1 aliphatic carbocycles. The molecule has 0 bridgehead atoms. The number of nitrogen functional groups attached to an aromatic ring is 1. The fourth-order valence-corrected chi connectivity index (χ4v) is 5.02. The largest absolute Gasteiger partial charge is 0.421 e. The van der Waals surface area contributed by atoms with Crippen molar-refractivity contribution in [3.63, 3.8) is 0 Å². The molecule has 30 heavy (non-hydrogen) atoms. The standard InChI is InChI=1S/C23H19N3O3S/c24-19-15-11-13-6-2-4-8-16(13)26-22(15)30-20(19)23(28)29-17-10-9-12-5-1-3-7-14(12)18(17)21(25)27/h1,3,5,7,9-11H,2,4,6,8,24H2,(H2,25,27). The lowest BCUT2D eigenvalue weighted by molar-refractivity contribution is 0.0739. The normalized spacial score (nSPS) is 13.3. The second-order valence-electron chi connectivity index (χ2n) is 7.41. The number of carbonyl (C=O) groups is 2. The van der Waals surface area contributed by atoms with Crippen LogP contribution in [0, 0.1) is 0 Å². The molecule has 0 saturated heterocycles. The van der Waals surface area contributed by atoms with Gasteiger partial charge in [-0.15, -0.1) is 11.3 Å². The van der Waals surface area contributed by atoms with E-state index in [2.05, 4.69) is 0 Å². The van der Waals surface area contributed by atoms with Crippen LogP contribution >= 0.6 is 11.3 Å². The third-order valence-electron chi connectivity index (χ3n) is 5.52. The Hall–Kier alpha value is -3.45. The molecule has 1 aliphatic rings. The van der Waals surface area contributed by atoms with E-state index in [1.54, 1.807) is 24.3 Å². The molecule has 5 rings (SSSR count). The molecular weight excluding hydrogens is 398 g/mol. The van der Waals surface area contributed by atoms with Crippen molar-refractivity contribution < 1.29 is 14.3 Å². The number of thiophene rings is 1. The Labute approximate surface area is 176 Å². The van der Waals surface area contributed by atoms with E-state index in [1.165, 1.54) is 16.9 Å². The Bertz CT molecular complexity index is 1340. The number of carbonyl (C=O) groups excluding carboxylic acids is 2. The Kier molecular flexibility index (Phi) is 4.40. The Morgan fingerprint density at radius 3 is 2.67 bits per heavy atom. The van der Waals surface area contributed by atoms with E-state index in [4.69, 9.17) is 21.2 Å². The molecule has 0 atom stereocenters. The molecule has 7 heteroatoms. The number of rotatable bonds is 3. The van der Waals surface area contributed by atoms with Crippen molar-refractivity contribution in [2.75, 3.05) is 5.73 Å². The summed E-state index contributed by atoms with van der Waals surface area (Å²) >= 11 is 1.22. The molecule has 150 valence electrons. The van der Waals surface area contributed by atoms with Crippen LogP contribution in [0.3, 0.4) is 0 Å². The molecule has 0 saturated carbocycles. The number of aryl methyl sites for hydroxylation is 2. The van der Waals surface area contributed by atoms with Gasteiger partial charge in [0.2, 0.25) is 0 Å². The van der Waals surface area contributed by atoms with Crippen LogP contribution in [-0.2, 0) is 12.8 Å². The van der Waals surface area contributed by atoms with E-state index in [-0.39, 0.29) is 16.2 Å². The SMILES string of the molecule is NC(=O)c1c(OC(=O)c2sc3nc4c(cc3c2N)CCCC4)ccc2ccccc12. The van der Waals surface area contributed by atoms with Gasteiger partial charge in [0.1, 0.15) is 15.5 Å². The highest BCUT2D eigenvalue weighted by Gasteiger charge is 2.24. The number of ether oxygens (including phenoxy) is 1. The average molecular weight is 417 g/mol. The van der Waals surface area contributed by atoms with Crippen molar-refractivity contribution in [1.82, 2.24) is 4.98 Å². The fraction of sp³-hybridized carbons (Fsp3) is 0.174. The van der Waals surface area contributed by atoms with Gasteiger partial charge in [0.25, 0.3) is 5.91 Å². The van der Waals surface area contributed by atoms with E-state index in [9.17, 15) is 9.59 Å². The third kappa shape index (κ3) is 2.98. The first-order valence-electron chi connectivity index (χ1n) is 9.77. The van der Waals surface area contributed by atoms with E-state index in [1.807, 2.05) is 18.2 Å². The summed E-state index contributed by atoms with van der Waals surface area (Å²) in [5.41, 5.74) is 14.7. The zero-order valence-electron chi connectivity index (χ0n) is 16.1. The number of fused-ring (bicyclic) bond motifs is 3. The second kappa shape index (κ2) is 7.11. The number of nitrogens with zero attached hydrogens (tertiary/aromatic N) is 1. The molecule has 0 radical (unpaired) electrons. The zero-order valence-corrected chi connectivity index (χ0v) is 16.9. The molecule has 0 unspecified atom stereocenters. The minimum absolute atomic E-state index is 0.121. The maximum Gasteiger partial charge on any atom is 0.355 e. The number of esters is 1. The monoisotopic (exact) mass is 417 g/mol. The third-order valence-corrected chi connectivity index (χ3v) is 6.62. The summed E-state index contributed by atoms with van der Waals surface area (Å²) in [6.45, 7) is 0. The first kappa shape index (κ1) is 18.6. The fourth-order valence-electron chi connectivity index (χ4n) is 4.05. The molecule has 0 fully saturated rings. The zero-order chi connectivity index (χ0) is 20.8. The average Bonchev–Trinajstić information content (AvgIpc) is 3.07. The Morgan fingerprint density at radius 2 is 1.83 bits per heavy atom. The van der Waals surface area contributed by atoms with Crippen LogP contribution in [0.25, 0.3) is 21.0 Å². The van der Waals surface area contributed by atoms with Gasteiger partial charge in [0.15, 0.2) is 0 Å². The van der Waals surface area contributed by atoms with E-state index in [0.717, 1.165) is 47.0 Å². The van der Waals surface area contributed by atoms with Crippen molar-refractivity contribution in [3.05, 3.63) is 64.2 Å². The van der Waals surface area contributed by atoms with Crippen LogP contribution in [0.5, 0.6) is 5.75 Å². The predicted octanol–water partition coefficient (Wildman–Crippen LogP) is 4.23. The highest BCUT2D eigenvalue weighted by molar-refractivity contribution is 7.21. The molecule has 0 aliphatic heterocycles. The minimum Gasteiger partial charge on any atom is -0.421 e. The maximum absolute atomic E-state index is 13.0. The van der Waals surface area contributed by atoms with Crippen molar-refractivity contribution in [3.8, 4) is 5.75 Å². The summed E-state index contributed by atoms with van der Waals surface area (Å²) in [7, 11) is 0. The summed E-state index contributed by atoms with van der Waals surface area (Å²) in [5, 5.41) is 2.25. The first-order valence-corrected chi connectivity index (χ1v) is 10.6. The van der Waals surface area contributed by atoms with E-state index < -0.39 is 11.9 Å². The van der Waals surface area contributed by atoms with Crippen LogP contribution < -0.4 is 16.2 Å². The van der Waals surface area contributed by atoms with Gasteiger partial charge in [-0.05, 0) is 54.2 Å². The quantitative estimate of drug-likeness (QED) is 0.383. The molecule has 0 spiro atoms. The number of hydrogen-bond acceptors (Lipinski definition) is 6. The topological polar surface area (TPSA) is 108 Å². The summed E-state index contributed by atoms with van der Waals surface area (Å²) < 4.78 is 5.60. The summed E-state index contributed by atoms with van der Waals surface area (Å²) in [4.78, 5) is 30.8. The van der Waals surface area contributed by atoms with Gasteiger partial charge in [-0.1, -0.05) is 30.3 Å². The first-order chi connectivity index (χ1) is 14.5. The van der Waals surface area contributed by atoms with Gasteiger partial charge in [-0.25, -0.2) is 9.78 Å². The number of pyridine rings is 1. The maximum atomic E-state index is 13.0. The lowest BCUT2D eigenvalue weighted by atomic mass is 9.95. The number of hydrogen-bond donors (Lipinski definition) is 2. The molecule has 2 aromatic carbocycles. The predicted molar refractivity (Wildman–Crippen MR) is 118 cm³/mol. The lowest BCUT2D eigenvalue weighted by Crippen LogP contribution is -2.16. The minimum atomic E-state index is -0.659. The molecule has 1 amide bonds. The van der Waals surface area contributed by atoms with Crippen molar-refractivity contribution in [1.29, 1.82) is 0 Å². The summed E-state index contributed by atoms with van der Waals surface area (Å²) in [5.74, 6) is -1.16. The highest BCUT2D eigenvalue weighted by atomic mass is 32.1. The van der Waals surface area contributed by atoms with Crippen molar-refractivity contribution in [2.45, 2.75) is 25.7 Å². The van der Waals surface area contributed by atoms with Gasteiger partial charge < -0.3 is 16.2 Å². The van der Waals surface area contributed by atoms with E-state index in [0.29, 0.717) is 11.1 Å². The number of aromatic nitrogens is 1. The van der Waals surface area contributed by atoms with Crippen molar-refractivity contribution >= 4 is 49.9 Å². The molecule has 4 N–H and O–H groups in total. The van der Waals surface area contributed by atoms with Gasteiger partial charge in [-0.3, -0.25) is 4.79 Å². The summed E-state index contributed by atoms with van der Waals surface area (Å²) in [6.07, 6.45) is 4.18. The second-order valence-corrected chi connectivity index (χ2v) is 8.41. The Balaban J connectivity index is 1.56. The van der Waals surface area contributed by atoms with Crippen molar-refractivity contribution in [2.24, 2.45) is 5.73 Å². The van der Waals surface area contributed by atoms with Gasteiger partial charge in [-0.2, -0.15) is 0 Å². The van der Waals surface area contributed by atoms with Gasteiger partial charge in [0, 0.05) is 11.1 Å². The number of amides is 1. The Morgan fingerprint density at radius 1 is 1.03 bits per heavy atom. The number of nitrogens with two attached hydrogens (primary N) is 2. The van der Waals surface area contributed by atoms with Gasteiger partial charge >= 0.3 is 5.97 Å². The molecular formula is C23H19N3O3S. The van der Waals surface area contributed by atoms with Crippen LogP contribution in [0.15, 0.2) is 42.5 Å². The summed E-state index contributed by atoms with van der Waals surface area (Å²) in [6, 6.07) is 12.7. The number of benzene rings is 2. The molecule has 2 heterocycles. The van der Waals surface area contributed by atoms with Crippen LogP contribution in [0.1, 0.15) is 44.1 Å². The molecule has 4 aromatic rings. The van der Waals surface area contributed by atoms with E-state index >= 15 is 0 Å². The lowest BCUT2D eigenvalue weighted by Gasteiger charge is -2.14. The molecule has 6 nitrogen and oxygen atoms in total. The highest BCUT2D eigenvalue weighted by Crippen LogP contribution is 2.37. The number of anilines is 1. The van der Waals surface area contributed by atoms with Crippen LogP contribution in [0.4, 0.5) is 5.69 Å². The smallest absolute Gasteiger partial charge is 0.355 e. The number of primary amides is 1. The van der Waals surface area contributed by atoms with Crippen LogP contribution in [-0.4, -0.2) is 16.9 Å². The molecule has 2 aromatic heterocycles.